The highest BCUT2D eigenvalue weighted by Gasteiger charge is 2.09. The summed E-state index contributed by atoms with van der Waals surface area (Å²) in [7, 11) is 4.91. The molecule has 0 aliphatic heterocycles. The molecular formula is C19H25ClIN3O3. The van der Waals surface area contributed by atoms with E-state index in [0.29, 0.717) is 34.8 Å². The van der Waals surface area contributed by atoms with Crippen molar-refractivity contribution in [2.45, 2.75) is 13.0 Å². The predicted octanol–water partition coefficient (Wildman–Crippen LogP) is 4.43. The SMILES string of the molecule is CN=C(NCC(C)Oc1ccccc1Cl)Nc1ccc(OC)c(OC)c1.I. The maximum Gasteiger partial charge on any atom is 0.195 e. The van der Waals surface area contributed by atoms with Gasteiger partial charge in [-0.3, -0.25) is 4.99 Å². The van der Waals surface area contributed by atoms with Crippen LogP contribution in [0.25, 0.3) is 0 Å². The fraction of sp³-hybridized carbons (Fsp3) is 0.316. The lowest BCUT2D eigenvalue weighted by Crippen LogP contribution is -2.37. The summed E-state index contributed by atoms with van der Waals surface area (Å²) in [6.45, 7) is 2.51. The van der Waals surface area contributed by atoms with Crippen LogP contribution in [0.5, 0.6) is 17.2 Å². The molecule has 148 valence electrons. The van der Waals surface area contributed by atoms with Gasteiger partial charge >= 0.3 is 0 Å². The van der Waals surface area contributed by atoms with Gasteiger partial charge in [-0.15, -0.1) is 24.0 Å². The smallest absolute Gasteiger partial charge is 0.195 e. The van der Waals surface area contributed by atoms with Gasteiger partial charge in [0, 0.05) is 18.8 Å². The molecule has 0 spiro atoms. The standard InChI is InChI=1S/C19H24ClN3O3.HI/c1-13(26-16-8-6-5-7-15(16)20)12-22-19(21-2)23-14-9-10-17(24-3)18(11-14)25-4;/h5-11,13H,12H2,1-4H3,(H2,21,22,23);1H. The quantitative estimate of drug-likeness (QED) is 0.331. The van der Waals surface area contributed by atoms with E-state index >= 15 is 0 Å². The van der Waals surface area contributed by atoms with Crippen molar-refractivity contribution in [1.82, 2.24) is 5.32 Å². The molecule has 0 saturated carbocycles. The number of halogens is 2. The van der Waals surface area contributed by atoms with Crippen LogP contribution in [-0.2, 0) is 0 Å². The summed E-state index contributed by atoms with van der Waals surface area (Å²) in [6, 6.07) is 13.0. The van der Waals surface area contributed by atoms with Gasteiger partial charge in [-0.1, -0.05) is 23.7 Å². The van der Waals surface area contributed by atoms with Crippen LogP contribution >= 0.6 is 35.6 Å². The molecule has 2 aromatic carbocycles. The number of para-hydroxylation sites is 1. The Labute approximate surface area is 182 Å². The van der Waals surface area contributed by atoms with Crippen LogP contribution in [0.15, 0.2) is 47.5 Å². The maximum atomic E-state index is 6.12. The third-order valence-electron chi connectivity index (χ3n) is 3.59. The van der Waals surface area contributed by atoms with Crippen LogP contribution in [0.2, 0.25) is 5.02 Å². The number of methoxy groups -OCH3 is 2. The van der Waals surface area contributed by atoms with Gasteiger partial charge in [0.2, 0.25) is 0 Å². The Morgan fingerprint density at radius 3 is 2.41 bits per heavy atom. The number of rotatable bonds is 7. The molecule has 0 radical (unpaired) electrons. The minimum absolute atomic E-state index is 0. The average Bonchev–Trinajstić information content (AvgIpc) is 2.66. The molecule has 0 heterocycles. The maximum absolute atomic E-state index is 6.12. The van der Waals surface area contributed by atoms with Gasteiger partial charge in [0.15, 0.2) is 17.5 Å². The number of benzene rings is 2. The van der Waals surface area contributed by atoms with Crippen LogP contribution < -0.4 is 24.8 Å². The first-order chi connectivity index (χ1) is 12.6. The van der Waals surface area contributed by atoms with Gasteiger partial charge in [0.1, 0.15) is 11.9 Å². The van der Waals surface area contributed by atoms with Gasteiger partial charge in [-0.25, -0.2) is 0 Å². The second-order valence-electron chi connectivity index (χ2n) is 5.51. The van der Waals surface area contributed by atoms with E-state index in [-0.39, 0.29) is 30.1 Å². The Morgan fingerprint density at radius 2 is 1.78 bits per heavy atom. The molecule has 8 heteroatoms. The zero-order valence-corrected chi connectivity index (χ0v) is 18.9. The van der Waals surface area contributed by atoms with E-state index in [1.54, 1.807) is 27.3 Å². The number of anilines is 1. The number of guanidine groups is 1. The normalized spacial score (nSPS) is 11.8. The highest BCUT2D eigenvalue weighted by molar-refractivity contribution is 14.0. The van der Waals surface area contributed by atoms with Crippen molar-refractivity contribution in [2.24, 2.45) is 4.99 Å². The van der Waals surface area contributed by atoms with Gasteiger partial charge in [-0.05, 0) is 31.2 Å². The van der Waals surface area contributed by atoms with Crippen molar-refractivity contribution in [3.8, 4) is 17.2 Å². The molecule has 1 unspecified atom stereocenters. The Hall–Kier alpha value is -1.87. The number of nitrogens with one attached hydrogen (secondary N) is 2. The fourth-order valence-corrected chi connectivity index (χ4v) is 2.45. The number of aliphatic imine (C=N–C) groups is 1. The molecular weight excluding hydrogens is 481 g/mol. The Morgan fingerprint density at radius 1 is 1.07 bits per heavy atom. The zero-order chi connectivity index (χ0) is 18.9. The molecule has 0 bridgehead atoms. The van der Waals surface area contributed by atoms with E-state index in [9.17, 15) is 0 Å². The third kappa shape index (κ3) is 6.99. The topological polar surface area (TPSA) is 64.1 Å². The van der Waals surface area contributed by atoms with E-state index in [1.165, 1.54) is 0 Å². The molecule has 0 aliphatic carbocycles. The van der Waals surface area contributed by atoms with E-state index in [0.717, 1.165) is 5.69 Å². The second-order valence-corrected chi connectivity index (χ2v) is 5.91. The lowest BCUT2D eigenvalue weighted by atomic mass is 10.2. The molecule has 6 nitrogen and oxygen atoms in total. The van der Waals surface area contributed by atoms with Crippen LogP contribution in [0, 0.1) is 0 Å². The van der Waals surface area contributed by atoms with Crippen LogP contribution in [0.4, 0.5) is 5.69 Å². The van der Waals surface area contributed by atoms with Crippen LogP contribution in [-0.4, -0.2) is 39.9 Å². The molecule has 1 atom stereocenters. The summed E-state index contributed by atoms with van der Waals surface area (Å²) in [5.74, 6) is 2.59. The summed E-state index contributed by atoms with van der Waals surface area (Å²) in [4.78, 5) is 4.22. The van der Waals surface area contributed by atoms with Gasteiger partial charge < -0.3 is 24.8 Å². The van der Waals surface area contributed by atoms with Gasteiger partial charge in [-0.2, -0.15) is 0 Å². The minimum Gasteiger partial charge on any atom is -0.493 e. The van der Waals surface area contributed by atoms with Gasteiger partial charge in [0.25, 0.3) is 0 Å². The molecule has 0 fully saturated rings. The minimum atomic E-state index is -0.0983. The lowest BCUT2D eigenvalue weighted by Gasteiger charge is -2.18. The molecule has 2 rings (SSSR count). The highest BCUT2D eigenvalue weighted by atomic mass is 127. The number of hydrogen-bond donors (Lipinski definition) is 2. The monoisotopic (exact) mass is 505 g/mol. The zero-order valence-electron chi connectivity index (χ0n) is 15.8. The highest BCUT2D eigenvalue weighted by Crippen LogP contribution is 2.29. The van der Waals surface area contributed by atoms with Crippen molar-refractivity contribution in [3.63, 3.8) is 0 Å². The summed E-state index contributed by atoms with van der Waals surface area (Å²) in [6.07, 6.45) is -0.0983. The average molecular weight is 506 g/mol. The molecule has 0 amide bonds. The Bertz CT molecular complexity index is 759. The molecule has 27 heavy (non-hydrogen) atoms. The first-order valence-electron chi connectivity index (χ1n) is 8.18. The van der Waals surface area contributed by atoms with E-state index in [4.69, 9.17) is 25.8 Å². The largest absolute Gasteiger partial charge is 0.493 e. The lowest BCUT2D eigenvalue weighted by molar-refractivity contribution is 0.224. The molecule has 0 saturated heterocycles. The van der Waals surface area contributed by atoms with Gasteiger partial charge in [0.05, 0.1) is 25.8 Å². The van der Waals surface area contributed by atoms with Crippen molar-refractivity contribution >= 4 is 47.2 Å². The van der Waals surface area contributed by atoms with E-state index < -0.39 is 0 Å². The number of ether oxygens (including phenoxy) is 3. The Kier molecular flexibility index (Phi) is 10.1. The van der Waals surface area contributed by atoms with E-state index in [2.05, 4.69) is 15.6 Å². The van der Waals surface area contributed by atoms with Crippen molar-refractivity contribution in [3.05, 3.63) is 47.5 Å². The predicted molar refractivity (Wildman–Crippen MR) is 121 cm³/mol. The Balaban J connectivity index is 0.00000364. The summed E-state index contributed by atoms with van der Waals surface area (Å²) in [5, 5.41) is 7.02. The summed E-state index contributed by atoms with van der Waals surface area (Å²) >= 11 is 6.12. The molecule has 2 aromatic rings. The first kappa shape index (κ1) is 23.2. The van der Waals surface area contributed by atoms with Crippen molar-refractivity contribution in [1.29, 1.82) is 0 Å². The molecule has 0 aromatic heterocycles. The molecule has 0 aliphatic rings. The first-order valence-corrected chi connectivity index (χ1v) is 8.56. The second kappa shape index (κ2) is 11.8. The summed E-state index contributed by atoms with van der Waals surface area (Å²) in [5.41, 5.74) is 0.829. The number of hydrogen-bond acceptors (Lipinski definition) is 4. The van der Waals surface area contributed by atoms with Crippen LogP contribution in [0.1, 0.15) is 6.92 Å². The fourth-order valence-electron chi connectivity index (χ4n) is 2.27. The number of nitrogens with zero attached hydrogens (tertiary/aromatic N) is 1. The van der Waals surface area contributed by atoms with Crippen molar-refractivity contribution in [2.75, 3.05) is 33.1 Å². The third-order valence-corrected chi connectivity index (χ3v) is 3.90. The van der Waals surface area contributed by atoms with E-state index in [1.807, 2.05) is 43.3 Å². The van der Waals surface area contributed by atoms with Crippen molar-refractivity contribution < 1.29 is 14.2 Å². The molecule has 2 N–H and O–H groups in total. The van der Waals surface area contributed by atoms with Crippen LogP contribution in [0.3, 0.4) is 0 Å². The summed E-state index contributed by atoms with van der Waals surface area (Å²) < 4.78 is 16.4.